The standard InChI is InChI=1S/C26H27N3O2/c1-27(2)22-10-8-19(9-11-22)23-12-13-24-21-14-18(16-29(24)26(23)31)15-28(17-21)25(30)20-6-4-3-5-7-20/h3-13,18,21H,14-17H2,1-2H3/t18-,21+/m0/s1. The monoisotopic (exact) mass is 413 g/mol. The number of benzene rings is 2. The Bertz CT molecular complexity index is 1170. The molecule has 0 spiro atoms. The van der Waals surface area contributed by atoms with E-state index in [1.165, 1.54) is 0 Å². The van der Waals surface area contributed by atoms with Gasteiger partial charge >= 0.3 is 0 Å². The summed E-state index contributed by atoms with van der Waals surface area (Å²) in [7, 11) is 4.01. The van der Waals surface area contributed by atoms with E-state index in [-0.39, 0.29) is 17.4 Å². The molecule has 3 heterocycles. The molecule has 5 heteroatoms. The third-order valence-electron chi connectivity index (χ3n) is 6.61. The maximum Gasteiger partial charge on any atom is 0.258 e. The molecule has 5 nitrogen and oxygen atoms in total. The van der Waals surface area contributed by atoms with Crippen LogP contribution in [0.4, 0.5) is 5.69 Å². The van der Waals surface area contributed by atoms with Gasteiger partial charge in [-0.15, -0.1) is 0 Å². The van der Waals surface area contributed by atoms with Gasteiger partial charge in [0.2, 0.25) is 0 Å². The van der Waals surface area contributed by atoms with Crippen LogP contribution in [0.3, 0.4) is 0 Å². The van der Waals surface area contributed by atoms with E-state index in [0.717, 1.165) is 34.5 Å². The van der Waals surface area contributed by atoms with Crippen LogP contribution in [0.2, 0.25) is 0 Å². The third-order valence-corrected chi connectivity index (χ3v) is 6.61. The molecular weight excluding hydrogens is 386 g/mol. The fourth-order valence-corrected chi connectivity index (χ4v) is 5.03. The van der Waals surface area contributed by atoms with Crippen LogP contribution in [-0.2, 0) is 6.54 Å². The van der Waals surface area contributed by atoms with Gasteiger partial charge in [-0.1, -0.05) is 30.3 Å². The molecule has 1 amide bonds. The zero-order valence-corrected chi connectivity index (χ0v) is 18.0. The maximum atomic E-state index is 13.4. The van der Waals surface area contributed by atoms with Crippen molar-refractivity contribution in [3.8, 4) is 11.1 Å². The van der Waals surface area contributed by atoms with Gasteiger partial charge in [-0.3, -0.25) is 9.59 Å². The van der Waals surface area contributed by atoms with E-state index in [1.807, 2.05) is 89.1 Å². The molecule has 0 saturated carbocycles. The van der Waals surface area contributed by atoms with Crippen molar-refractivity contribution in [1.82, 2.24) is 9.47 Å². The van der Waals surface area contributed by atoms with Gasteiger partial charge in [-0.2, -0.15) is 0 Å². The highest BCUT2D eigenvalue weighted by Gasteiger charge is 2.36. The van der Waals surface area contributed by atoms with Crippen LogP contribution >= 0.6 is 0 Å². The second kappa shape index (κ2) is 7.73. The second-order valence-electron chi connectivity index (χ2n) is 8.90. The molecule has 2 atom stereocenters. The van der Waals surface area contributed by atoms with Gasteiger partial charge in [0.15, 0.2) is 0 Å². The van der Waals surface area contributed by atoms with Crippen molar-refractivity contribution in [3.05, 3.63) is 88.3 Å². The van der Waals surface area contributed by atoms with E-state index in [9.17, 15) is 9.59 Å². The molecule has 1 saturated heterocycles. The Morgan fingerprint density at radius 2 is 1.65 bits per heavy atom. The first kappa shape index (κ1) is 19.6. The van der Waals surface area contributed by atoms with Crippen molar-refractivity contribution < 1.29 is 4.79 Å². The Hall–Kier alpha value is -3.34. The van der Waals surface area contributed by atoms with Crippen LogP contribution in [0.15, 0.2) is 71.5 Å². The van der Waals surface area contributed by atoms with Gasteiger partial charge in [0.25, 0.3) is 11.5 Å². The lowest BCUT2D eigenvalue weighted by Gasteiger charge is -2.43. The van der Waals surface area contributed by atoms with E-state index in [1.54, 1.807) is 0 Å². The Labute approximate surface area is 182 Å². The van der Waals surface area contributed by atoms with Crippen molar-refractivity contribution in [2.45, 2.75) is 18.9 Å². The van der Waals surface area contributed by atoms with Gasteiger partial charge in [-0.25, -0.2) is 0 Å². The molecule has 1 fully saturated rings. The van der Waals surface area contributed by atoms with Crippen molar-refractivity contribution >= 4 is 11.6 Å². The Kier molecular flexibility index (Phi) is 4.89. The number of pyridine rings is 1. The number of piperidine rings is 1. The van der Waals surface area contributed by atoms with Crippen LogP contribution in [-0.4, -0.2) is 42.6 Å². The fourth-order valence-electron chi connectivity index (χ4n) is 5.03. The number of anilines is 1. The summed E-state index contributed by atoms with van der Waals surface area (Å²) in [5, 5.41) is 0. The molecule has 2 aliphatic heterocycles. The number of carbonyl (C=O) groups excluding carboxylic acids is 1. The summed E-state index contributed by atoms with van der Waals surface area (Å²) in [6.07, 6.45) is 1.04. The lowest BCUT2D eigenvalue weighted by molar-refractivity contribution is 0.0594. The summed E-state index contributed by atoms with van der Waals surface area (Å²) in [5.41, 5.74) is 4.66. The Morgan fingerprint density at radius 3 is 2.35 bits per heavy atom. The molecule has 31 heavy (non-hydrogen) atoms. The Morgan fingerprint density at radius 1 is 0.903 bits per heavy atom. The van der Waals surface area contributed by atoms with E-state index in [0.29, 0.717) is 25.6 Å². The van der Waals surface area contributed by atoms with E-state index in [2.05, 4.69) is 6.07 Å². The number of likely N-dealkylation sites (tertiary alicyclic amines) is 1. The van der Waals surface area contributed by atoms with Crippen LogP contribution in [0, 0.1) is 5.92 Å². The van der Waals surface area contributed by atoms with Gasteiger partial charge in [0, 0.05) is 62.2 Å². The highest BCUT2D eigenvalue weighted by Crippen LogP contribution is 2.36. The summed E-state index contributed by atoms with van der Waals surface area (Å²) >= 11 is 0. The average molecular weight is 414 g/mol. The molecule has 3 aromatic rings. The number of nitrogens with zero attached hydrogens (tertiary/aromatic N) is 3. The molecule has 2 aliphatic rings. The predicted molar refractivity (Wildman–Crippen MR) is 124 cm³/mol. The number of carbonyl (C=O) groups is 1. The number of fused-ring (bicyclic) bond motifs is 4. The lowest BCUT2D eigenvalue weighted by Crippen LogP contribution is -2.49. The van der Waals surface area contributed by atoms with Crippen molar-refractivity contribution in [2.75, 3.05) is 32.1 Å². The van der Waals surface area contributed by atoms with Crippen LogP contribution in [0.25, 0.3) is 11.1 Å². The minimum Gasteiger partial charge on any atom is -0.378 e. The van der Waals surface area contributed by atoms with Crippen LogP contribution < -0.4 is 10.5 Å². The largest absolute Gasteiger partial charge is 0.378 e. The summed E-state index contributed by atoms with van der Waals surface area (Å²) in [4.78, 5) is 30.4. The van der Waals surface area contributed by atoms with Crippen molar-refractivity contribution in [1.29, 1.82) is 0 Å². The molecule has 2 bridgehead atoms. The summed E-state index contributed by atoms with van der Waals surface area (Å²) in [5.74, 6) is 0.602. The van der Waals surface area contributed by atoms with E-state index < -0.39 is 0 Å². The smallest absolute Gasteiger partial charge is 0.258 e. The molecule has 0 N–H and O–H groups in total. The van der Waals surface area contributed by atoms with Gasteiger partial charge in [0.05, 0.1) is 0 Å². The van der Waals surface area contributed by atoms with Gasteiger partial charge < -0.3 is 14.4 Å². The maximum absolute atomic E-state index is 13.4. The normalized spacial score (nSPS) is 19.6. The topological polar surface area (TPSA) is 45.6 Å². The summed E-state index contributed by atoms with van der Waals surface area (Å²) in [6, 6.07) is 21.6. The molecule has 158 valence electrons. The zero-order chi connectivity index (χ0) is 21.5. The SMILES string of the molecule is CN(C)c1ccc(-c2ccc3n(c2=O)C[C@H]2C[C@@H]3CN(C(=O)c3ccccc3)C2)cc1. The third kappa shape index (κ3) is 3.54. The molecule has 0 aliphatic carbocycles. The van der Waals surface area contributed by atoms with E-state index >= 15 is 0 Å². The first-order chi connectivity index (χ1) is 15.0. The molecule has 1 aromatic heterocycles. The molecule has 0 radical (unpaired) electrons. The van der Waals surface area contributed by atoms with Gasteiger partial charge in [0.1, 0.15) is 0 Å². The Balaban J connectivity index is 1.44. The minimum atomic E-state index is 0.0765. The lowest BCUT2D eigenvalue weighted by atomic mass is 9.82. The summed E-state index contributed by atoms with van der Waals surface area (Å²) in [6.45, 7) is 2.05. The number of rotatable bonds is 3. The van der Waals surface area contributed by atoms with Crippen molar-refractivity contribution in [2.24, 2.45) is 5.92 Å². The predicted octanol–water partition coefficient (Wildman–Crippen LogP) is 3.84. The van der Waals surface area contributed by atoms with Gasteiger partial charge in [-0.05, 0) is 54.3 Å². The zero-order valence-electron chi connectivity index (χ0n) is 18.0. The molecular formula is C26H27N3O2. The first-order valence-electron chi connectivity index (χ1n) is 10.9. The quantitative estimate of drug-likeness (QED) is 0.655. The molecule has 0 unspecified atom stereocenters. The van der Waals surface area contributed by atoms with Crippen molar-refractivity contribution in [3.63, 3.8) is 0 Å². The average Bonchev–Trinajstić information content (AvgIpc) is 2.80. The first-order valence-corrected chi connectivity index (χ1v) is 10.9. The minimum absolute atomic E-state index is 0.0765. The number of hydrogen-bond donors (Lipinski definition) is 0. The number of aromatic nitrogens is 1. The number of hydrogen-bond acceptors (Lipinski definition) is 3. The summed E-state index contributed by atoms with van der Waals surface area (Å²) < 4.78 is 1.96. The molecule has 5 rings (SSSR count). The highest BCUT2D eigenvalue weighted by atomic mass is 16.2. The van der Waals surface area contributed by atoms with Crippen LogP contribution in [0.1, 0.15) is 28.4 Å². The fraction of sp³-hybridized carbons (Fsp3) is 0.308. The number of amides is 1. The molecule has 2 aromatic carbocycles. The van der Waals surface area contributed by atoms with Crippen LogP contribution in [0.5, 0.6) is 0 Å². The second-order valence-corrected chi connectivity index (χ2v) is 8.90. The van der Waals surface area contributed by atoms with E-state index in [4.69, 9.17) is 0 Å². The highest BCUT2D eigenvalue weighted by molar-refractivity contribution is 5.94.